The van der Waals surface area contributed by atoms with Gasteiger partial charge in [-0.05, 0) is 27.4 Å². The van der Waals surface area contributed by atoms with E-state index in [1.54, 1.807) is 12.1 Å². The topological polar surface area (TPSA) is 46.2 Å². The number of aromatic hydroxyl groups is 1. The Morgan fingerprint density at radius 3 is 2.31 bits per heavy atom. The first-order chi connectivity index (χ1) is 6.75. The zero-order valence-corrected chi connectivity index (χ0v) is 11.8. The summed E-state index contributed by atoms with van der Waals surface area (Å²) in [5.74, 6) is -1.03. The van der Waals surface area contributed by atoms with Crippen LogP contribution < -0.4 is 5.73 Å². The molecule has 16 heavy (non-hydrogen) atoms. The molecule has 1 rings (SSSR count). The molecule has 0 radical (unpaired) electrons. The molecule has 0 amide bonds. The van der Waals surface area contributed by atoms with Gasteiger partial charge in [0.1, 0.15) is 0 Å². The Balaban J connectivity index is 0.00000225. The minimum absolute atomic E-state index is 0. The van der Waals surface area contributed by atoms with Crippen molar-refractivity contribution in [2.75, 3.05) is 0 Å². The predicted molar refractivity (Wildman–Crippen MR) is 69.4 cm³/mol. The normalized spacial score (nSPS) is 13.1. The van der Waals surface area contributed by atoms with Crippen LogP contribution in [0.3, 0.4) is 0 Å². The maximum Gasteiger partial charge on any atom is 0.179 e. The third-order valence-corrected chi connectivity index (χ3v) is 2.98. The number of rotatable bonds is 1. The third kappa shape index (κ3) is 3.09. The maximum atomic E-state index is 13.4. The van der Waals surface area contributed by atoms with Crippen LogP contribution in [-0.2, 0) is 0 Å². The van der Waals surface area contributed by atoms with E-state index in [0.29, 0.717) is 5.56 Å². The largest absolute Gasteiger partial charge is 0.505 e. The molecule has 0 bridgehead atoms. The second kappa shape index (κ2) is 5.34. The van der Waals surface area contributed by atoms with E-state index in [-0.39, 0.29) is 28.0 Å². The average Bonchev–Trinajstić information content (AvgIpc) is 2.12. The predicted octanol–water partition coefficient (Wildman–Crippen LogP) is 3.76. The monoisotopic (exact) mass is 311 g/mol. The van der Waals surface area contributed by atoms with Crippen LogP contribution in [0.1, 0.15) is 32.4 Å². The maximum absolute atomic E-state index is 13.4. The molecule has 0 unspecified atom stereocenters. The van der Waals surface area contributed by atoms with Crippen molar-refractivity contribution in [1.82, 2.24) is 0 Å². The lowest BCUT2D eigenvalue weighted by Gasteiger charge is -2.28. The molecular weight excluding hydrogens is 296 g/mol. The smallest absolute Gasteiger partial charge is 0.179 e. The van der Waals surface area contributed by atoms with Gasteiger partial charge in [0.15, 0.2) is 11.6 Å². The lowest BCUT2D eigenvalue weighted by Crippen LogP contribution is -2.26. The van der Waals surface area contributed by atoms with Crippen LogP contribution in [0, 0.1) is 11.2 Å². The standard InChI is InChI=1S/C11H15BrFNO.ClH/c1-11(2,3)10(14)6-4-5-7(12)8(13)9(6)15;/h4-5,10,15H,14H2,1-3H3;1H/t10-;/m1./s1. The summed E-state index contributed by atoms with van der Waals surface area (Å²) in [7, 11) is 0. The lowest BCUT2D eigenvalue weighted by atomic mass is 9.83. The Bertz CT molecular complexity index is 379. The molecule has 0 aromatic heterocycles. The Kier molecular flexibility index (Phi) is 5.23. The van der Waals surface area contributed by atoms with Gasteiger partial charge in [0, 0.05) is 11.6 Å². The molecule has 0 aliphatic rings. The number of nitrogens with two attached hydrogens (primary N) is 1. The lowest BCUT2D eigenvalue weighted by molar-refractivity contribution is 0.313. The van der Waals surface area contributed by atoms with Crippen molar-refractivity contribution in [2.24, 2.45) is 11.1 Å². The van der Waals surface area contributed by atoms with Gasteiger partial charge in [0.25, 0.3) is 0 Å². The summed E-state index contributed by atoms with van der Waals surface area (Å²) in [5.41, 5.74) is 6.16. The summed E-state index contributed by atoms with van der Waals surface area (Å²) < 4.78 is 13.6. The molecule has 5 heteroatoms. The summed E-state index contributed by atoms with van der Waals surface area (Å²) in [6.07, 6.45) is 0. The number of hydrogen-bond acceptors (Lipinski definition) is 2. The van der Waals surface area contributed by atoms with E-state index in [1.165, 1.54) is 0 Å². The van der Waals surface area contributed by atoms with Crippen molar-refractivity contribution in [1.29, 1.82) is 0 Å². The summed E-state index contributed by atoms with van der Waals surface area (Å²) in [4.78, 5) is 0. The molecule has 1 aromatic rings. The first kappa shape index (κ1) is 15.7. The van der Waals surface area contributed by atoms with Crippen LogP contribution in [0.2, 0.25) is 0 Å². The molecule has 92 valence electrons. The zero-order valence-electron chi connectivity index (χ0n) is 9.42. The first-order valence-electron chi connectivity index (χ1n) is 4.67. The van der Waals surface area contributed by atoms with Crippen molar-refractivity contribution in [2.45, 2.75) is 26.8 Å². The van der Waals surface area contributed by atoms with Gasteiger partial charge < -0.3 is 10.8 Å². The molecule has 0 saturated carbocycles. The molecule has 0 saturated heterocycles. The van der Waals surface area contributed by atoms with Gasteiger partial charge in [-0.25, -0.2) is 4.39 Å². The Morgan fingerprint density at radius 2 is 1.88 bits per heavy atom. The van der Waals surface area contributed by atoms with Gasteiger partial charge in [0.05, 0.1) is 4.47 Å². The Morgan fingerprint density at radius 1 is 1.38 bits per heavy atom. The summed E-state index contributed by atoms with van der Waals surface area (Å²) >= 11 is 3.00. The molecule has 0 fully saturated rings. The molecule has 1 atom stereocenters. The van der Waals surface area contributed by atoms with Gasteiger partial charge in [-0.2, -0.15) is 0 Å². The number of phenols is 1. The van der Waals surface area contributed by atoms with E-state index < -0.39 is 11.9 Å². The first-order valence-corrected chi connectivity index (χ1v) is 5.47. The highest BCUT2D eigenvalue weighted by molar-refractivity contribution is 9.10. The molecule has 0 heterocycles. The number of benzene rings is 1. The van der Waals surface area contributed by atoms with E-state index in [9.17, 15) is 9.50 Å². The third-order valence-electron chi connectivity index (χ3n) is 2.37. The van der Waals surface area contributed by atoms with E-state index >= 15 is 0 Å². The minimum atomic E-state index is -0.660. The van der Waals surface area contributed by atoms with Crippen LogP contribution in [-0.4, -0.2) is 5.11 Å². The van der Waals surface area contributed by atoms with Crippen LogP contribution in [0.25, 0.3) is 0 Å². The minimum Gasteiger partial charge on any atom is -0.505 e. The number of phenolic OH excluding ortho intramolecular Hbond substituents is 1. The molecule has 3 N–H and O–H groups in total. The molecular formula is C11H16BrClFNO. The Labute approximate surface area is 110 Å². The second-order valence-electron chi connectivity index (χ2n) is 4.64. The highest BCUT2D eigenvalue weighted by Crippen LogP contribution is 2.38. The van der Waals surface area contributed by atoms with Crippen molar-refractivity contribution in [3.63, 3.8) is 0 Å². The van der Waals surface area contributed by atoms with E-state index in [0.717, 1.165) is 0 Å². The number of halogens is 3. The molecule has 0 aliphatic carbocycles. The summed E-state index contributed by atoms with van der Waals surface area (Å²) in [6.45, 7) is 5.82. The van der Waals surface area contributed by atoms with Crippen molar-refractivity contribution in [3.8, 4) is 5.75 Å². The van der Waals surface area contributed by atoms with Crippen LogP contribution in [0.15, 0.2) is 16.6 Å². The van der Waals surface area contributed by atoms with Crippen molar-refractivity contribution >= 4 is 28.3 Å². The molecule has 0 spiro atoms. The van der Waals surface area contributed by atoms with E-state index in [1.807, 2.05) is 20.8 Å². The highest BCUT2D eigenvalue weighted by atomic mass is 79.9. The van der Waals surface area contributed by atoms with Gasteiger partial charge in [-0.15, -0.1) is 12.4 Å². The fraction of sp³-hybridized carbons (Fsp3) is 0.455. The van der Waals surface area contributed by atoms with Crippen molar-refractivity contribution in [3.05, 3.63) is 28.0 Å². The van der Waals surface area contributed by atoms with Gasteiger partial charge >= 0.3 is 0 Å². The number of hydrogen-bond donors (Lipinski definition) is 2. The Hall–Kier alpha value is -0.320. The SMILES string of the molecule is CC(C)(C)[C@H](N)c1ccc(Br)c(F)c1O.Cl. The molecule has 1 aromatic carbocycles. The van der Waals surface area contributed by atoms with Gasteiger partial charge in [-0.3, -0.25) is 0 Å². The fourth-order valence-electron chi connectivity index (χ4n) is 1.27. The fourth-order valence-corrected chi connectivity index (χ4v) is 1.59. The second-order valence-corrected chi connectivity index (χ2v) is 5.50. The highest BCUT2D eigenvalue weighted by Gasteiger charge is 2.26. The summed E-state index contributed by atoms with van der Waals surface area (Å²) in [5, 5.41) is 9.63. The quantitative estimate of drug-likeness (QED) is 0.829. The molecule has 2 nitrogen and oxygen atoms in total. The van der Waals surface area contributed by atoms with Crippen LogP contribution in [0.4, 0.5) is 4.39 Å². The molecule has 0 aliphatic heterocycles. The van der Waals surface area contributed by atoms with E-state index in [2.05, 4.69) is 15.9 Å². The zero-order chi connectivity index (χ0) is 11.8. The van der Waals surface area contributed by atoms with Gasteiger partial charge in [-0.1, -0.05) is 26.8 Å². The van der Waals surface area contributed by atoms with Crippen LogP contribution in [0.5, 0.6) is 5.75 Å². The van der Waals surface area contributed by atoms with E-state index in [4.69, 9.17) is 5.73 Å². The van der Waals surface area contributed by atoms with Crippen LogP contribution >= 0.6 is 28.3 Å². The summed E-state index contributed by atoms with van der Waals surface area (Å²) in [6, 6.07) is 2.79. The average molecular weight is 313 g/mol. The van der Waals surface area contributed by atoms with Crippen molar-refractivity contribution < 1.29 is 9.50 Å². The van der Waals surface area contributed by atoms with Gasteiger partial charge in [0.2, 0.25) is 0 Å².